The summed E-state index contributed by atoms with van der Waals surface area (Å²) in [5.41, 5.74) is 5.29. The largest absolute Gasteiger partial charge is 0.479 e. The van der Waals surface area contributed by atoms with Crippen molar-refractivity contribution < 1.29 is 19.8 Å². The molecule has 88 valence electrons. The molecule has 6 nitrogen and oxygen atoms in total. The van der Waals surface area contributed by atoms with Gasteiger partial charge in [0.1, 0.15) is 0 Å². The van der Waals surface area contributed by atoms with Crippen LogP contribution in [0.5, 0.6) is 0 Å². The van der Waals surface area contributed by atoms with Crippen LogP contribution < -0.4 is 11.1 Å². The number of aliphatic hydroxyl groups is 1. The fraction of sp³-hybridized carbons (Fsp3) is 0.778. The van der Waals surface area contributed by atoms with Crippen molar-refractivity contribution in [3.8, 4) is 0 Å². The number of carbonyl (C=O) groups excluding carboxylic acids is 1. The quantitative estimate of drug-likeness (QED) is 0.434. The fourth-order valence-electron chi connectivity index (χ4n) is 1.01. The molecule has 6 heteroatoms. The highest BCUT2D eigenvalue weighted by molar-refractivity contribution is 5.78. The van der Waals surface area contributed by atoms with Crippen LogP contribution in [0.3, 0.4) is 0 Å². The molecule has 0 bridgehead atoms. The number of hydrogen-bond acceptors (Lipinski definition) is 4. The number of carboxylic acid groups (broad SMARTS) is 1. The summed E-state index contributed by atoms with van der Waals surface area (Å²) in [6.45, 7) is 2.34. The number of carbonyl (C=O) groups is 2. The molecule has 0 aromatic heterocycles. The van der Waals surface area contributed by atoms with Crippen molar-refractivity contribution in [2.45, 2.75) is 25.9 Å². The molecular formula is C9H18N2O4. The van der Waals surface area contributed by atoms with E-state index < -0.39 is 12.1 Å². The van der Waals surface area contributed by atoms with Crippen molar-refractivity contribution in [2.24, 2.45) is 11.7 Å². The molecule has 0 fully saturated rings. The van der Waals surface area contributed by atoms with Crippen LogP contribution in [-0.4, -0.2) is 41.3 Å². The van der Waals surface area contributed by atoms with E-state index in [1.54, 1.807) is 6.92 Å². The first kappa shape index (κ1) is 13.9. The van der Waals surface area contributed by atoms with Gasteiger partial charge in [0.25, 0.3) is 0 Å². The van der Waals surface area contributed by atoms with E-state index in [0.29, 0.717) is 13.0 Å². The summed E-state index contributed by atoms with van der Waals surface area (Å²) >= 11 is 0. The van der Waals surface area contributed by atoms with E-state index in [1.165, 1.54) is 0 Å². The smallest absolute Gasteiger partial charge is 0.332 e. The minimum absolute atomic E-state index is 0.0103. The zero-order valence-corrected chi connectivity index (χ0v) is 8.77. The van der Waals surface area contributed by atoms with Gasteiger partial charge in [-0.2, -0.15) is 0 Å². The summed E-state index contributed by atoms with van der Waals surface area (Å²) < 4.78 is 0. The van der Waals surface area contributed by atoms with Crippen LogP contribution in [-0.2, 0) is 9.59 Å². The van der Waals surface area contributed by atoms with Gasteiger partial charge in [0.2, 0.25) is 5.91 Å². The van der Waals surface area contributed by atoms with E-state index in [-0.39, 0.29) is 24.8 Å². The van der Waals surface area contributed by atoms with Crippen molar-refractivity contribution in [2.75, 3.05) is 13.1 Å². The molecule has 5 N–H and O–H groups in total. The average molecular weight is 218 g/mol. The maximum Gasteiger partial charge on any atom is 0.332 e. The average Bonchev–Trinajstić information content (AvgIpc) is 2.17. The highest BCUT2D eigenvalue weighted by Gasteiger charge is 2.15. The lowest BCUT2D eigenvalue weighted by atomic mass is 10.1. The summed E-state index contributed by atoms with van der Waals surface area (Å²) in [5.74, 6) is -1.63. The third-order valence-electron chi connectivity index (χ3n) is 2.05. The summed E-state index contributed by atoms with van der Waals surface area (Å²) in [6, 6.07) is 0. The van der Waals surface area contributed by atoms with Gasteiger partial charge < -0.3 is 21.3 Å². The van der Waals surface area contributed by atoms with Crippen LogP contribution >= 0.6 is 0 Å². The molecule has 0 rings (SSSR count). The predicted molar refractivity (Wildman–Crippen MR) is 54.1 cm³/mol. The molecule has 15 heavy (non-hydrogen) atoms. The zero-order chi connectivity index (χ0) is 11.8. The Balaban J connectivity index is 3.67. The van der Waals surface area contributed by atoms with E-state index in [1.807, 2.05) is 0 Å². The first-order valence-electron chi connectivity index (χ1n) is 4.87. The first-order valence-corrected chi connectivity index (χ1v) is 4.87. The van der Waals surface area contributed by atoms with E-state index in [4.69, 9.17) is 15.9 Å². The molecule has 0 aromatic carbocycles. The fourth-order valence-corrected chi connectivity index (χ4v) is 1.01. The molecule has 0 aliphatic carbocycles. The molecule has 0 heterocycles. The molecule has 0 spiro atoms. The summed E-state index contributed by atoms with van der Waals surface area (Å²) in [7, 11) is 0. The normalized spacial score (nSPS) is 14.3. The van der Waals surface area contributed by atoms with Gasteiger partial charge in [-0.15, -0.1) is 0 Å². The van der Waals surface area contributed by atoms with Crippen molar-refractivity contribution in [3.63, 3.8) is 0 Å². The SMILES string of the molecule is CC(CCN)C(=O)NCC[C@H](O)C(=O)O. The maximum atomic E-state index is 11.3. The predicted octanol–water partition coefficient (Wildman–Crippen LogP) is -1.08. The van der Waals surface area contributed by atoms with Gasteiger partial charge in [-0.25, -0.2) is 4.79 Å². The van der Waals surface area contributed by atoms with Crippen LogP contribution in [0.25, 0.3) is 0 Å². The van der Waals surface area contributed by atoms with Gasteiger partial charge in [0.15, 0.2) is 6.10 Å². The number of amides is 1. The second kappa shape index (κ2) is 7.19. The third kappa shape index (κ3) is 6.03. The second-order valence-electron chi connectivity index (χ2n) is 3.41. The molecule has 0 saturated carbocycles. The highest BCUT2D eigenvalue weighted by Crippen LogP contribution is 1.99. The second-order valence-corrected chi connectivity index (χ2v) is 3.41. The molecule has 0 saturated heterocycles. The van der Waals surface area contributed by atoms with Crippen LogP contribution in [0.4, 0.5) is 0 Å². The Morgan fingerprint density at radius 3 is 2.47 bits per heavy atom. The van der Waals surface area contributed by atoms with Crippen molar-refractivity contribution in [1.82, 2.24) is 5.32 Å². The van der Waals surface area contributed by atoms with Gasteiger partial charge in [0, 0.05) is 18.9 Å². The molecule has 1 amide bonds. The Morgan fingerprint density at radius 2 is 2.00 bits per heavy atom. The lowest BCUT2D eigenvalue weighted by molar-refractivity contribution is -0.147. The minimum atomic E-state index is -1.42. The lowest BCUT2D eigenvalue weighted by Gasteiger charge is -2.11. The lowest BCUT2D eigenvalue weighted by Crippen LogP contribution is -2.34. The van der Waals surface area contributed by atoms with Crippen molar-refractivity contribution in [1.29, 1.82) is 0 Å². The molecule has 2 atom stereocenters. The van der Waals surface area contributed by atoms with Crippen LogP contribution in [0.15, 0.2) is 0 Å². The van der Waals surface area contributed by atoms with Crippen LogP contribution in [0.1, 0.15) is 19.8 Å². The number of nitrogens with two attached hydrogens (primary N) is 1. The van der Waals surface area contributed by atoms with E-state index in [9.17, 15) is 9.59 Å². The molecule has 0 radical (unpaired) electrons. The Labute approximate surface area is 88.5 Å². The maximum absolute atomic E-state index is 11.3. The number of aliphatic carboxylic acids is 1. The Morgan fingerprint density at radius 1 is 1.40 bits per heavy atom. The number of aliphatic hydroxyl groups excluding tert-OH is 1. The number of rotatable bonds is 7. The van der Waals surface area contributed by atoms with Gasteiger partial charge >= 0.3 is 5.97 Å². The Bertz CT molecular complexity index is 220. The Hall–Kier alpha value is -1.14. The molecule has 1 unspecified atom stereocenters. The Kier molecular flexibility index (Phi) is 6.64. The minimum Gasteiger partial charge on any atom is -0.479 e. The van der Waals surface area contributed by atoms with Crippen molar-refractivity contribution in [3.05, 3.63) is 0 Å². The number of nitrogens with one attached hydrogen (secondary N) is 1. The van der Waals surface area contributed by atoms with Gasteiger partial charge in [-0.3, -0.25) is 4.79 Å². The molecule has 0 aliphatic rings. The van der Waals surface area contributed by atoms with Gasteiger partial charge in [-0.05, 0) is 13.0 Å². The first-order chi connectivity index (χ1) is 6.99. The van der Waals surface area contributed by atoms with Crippen LogP contribution in [0.2, 0.25) is 0 Å². The van der Waals surface area contributed by atoms with Crippen LogP contribution in [0, 0.1) is 5.92 Å². The summed E-state index contributed by atoms with van der Waals surface area (Å²) in [5, 5.41) is 19.8. The summed E-state index contributed by atoms with van der Waals surface area (Å²) in [6.07, 6.45) is -0.820. The topological polar surface area (TPSA) is 113 Å². The van der Waals surface area contributed by atoms with Gasteiger partial charge in [-0.1, -0.05) is 6.92 Å². The molecule has 0 aliphatic heterocycles. The van der Waals surface area contributed by atoms with Gasteiger partial charge in [0.05, 0.1) is 0 Å². The highest BCUT2D eigenvalue weighted by atomic mass is 16.4. The van der Waals surface area contributed by atoms with E-state index >= 15 is 0 Å². The van der Waals surface area contributed by atoms with E-state index in [2.05, 4.69) is 5.32 Å². The summed E-state index contributed by atoms with van der Waals surface area (Å²) in [4.78, 5) is 21.5. The zero-order valence-electron chi connectivity index (χ0n) is 8.77. The third-order valence-corrected chi connectivity index (χ3v) is 2.05. The molecule has 0 aromatic rings. The monoisotopic (exact) mass is 218 g/mol. The van der Waals surface area contributed by atoms with Crippen molar-refractivity contribution >= 4 is 11.9 Å². The van der Waals surface area contributed by atoms with E-state index in [0.717, 1.165) is 0 Å². The standard InChI is InChI=1S/C9H18N2O4/c1-6(2-4-10)8(13)11-5-3-7(12)9(14)15/h6-7,12H,2-5,10H2,1H3,(H,11,13)(H,14,15)/t6?,7-/m0/s1. The number of hydrogen-bond donors (Lipinski definition) is 4. The molecular weight excluding hydrogens is 200 g/mol. The number of carboxylic acids is 1.